The van der Waals surface area contributed by atoms with Crippen LogP contribution >= 0.6 is 46.1 Å². The minimum atomic E-state index is -0.275. The Morgan fingerprint density at radius 2 is 1.80 bits per heavy atom. The van der Waals surface area contributed by atoms with Crippen LogP contribution in [0.2, 0.25) is 15.1 Å². The lowest BCUT2D eigenvalue weighted by Gasteiger charge is -1.99. The van der Waals surface area contributed by atoms with Gasteiger partial charge in [0.25, 0.3) is 0 Å². The molecule has 3 rings (SSSR count). The second-order valence-electron chi connectivity index (χ2n) is 5.04. The average Bonchev–Trinajstić information content (AvgIpc) is 3.05. The van der Waals surface area contributed by atoms with Crippen molar-refractivity contribution >= 4 is 63.3 Å². The molecule has 0 aliphatic carbocycles. The molecule has 0 aliphatic rings. The second-order valence-corrected chi connectivity index (χ2v) is 7.15. The van der Waals surface area contributed by atoms with Gasteiger partial charge in [-0.25, -0.2) is 4.98 Å². The molecule has 3 nitrogen and oxygen atoms in total. The lowest BCUT2D eigenvalue weighted by molar-refractivity contribution is -0.111. The van der Waals surface area contributed by atoms with E-state index in [4.69, 9.17) is 34.8 Å². The number of rotatable bonds is 4. The molecule has 0 saturated carbocycles. The number of halogens is 3. The molecule has 126 valence electrons. The highest BCUT2D eigenvalue weighted by Gasteiger charge is 2.06. The van der Waals surface area contributed by atoms with E-state index in [9.17, 15) is 4.79 Å². The van der Waals surface area contributed by atoms with Crippen molar-refractivity contribution in [1.82, 2.24) is 4.98 Å². The Bertz CT molecular complexity index is 936. The van der Waals surface area contributed by atoms with E-state index >= 15 is 0 Å². The first-order valence-electron chi connectivity index (χ1n) is 7.17. The van der Waals surface area contributed by atoms with Crippen LogP contribution in [0.1, 0.15) is 5.56 Å². The Kier molecular flexibility index (Phi) is 5.76. The van der Waals surface area contributed by atoms with Gasteiger partial charge >= 0.3 is 0 Å². The van der Waals surface area contributed by atoms with E-state index in [2.05, 4.69) is 10.3 Å². The van der Waals surface area contributed by atoms with Gasteiger partial charge < -0.3 is 0 Å². The maximum atomic E-state index is 12.0. The summed E-state index contributed by atoms with van der Waals surface area (Å²) < 4.78 is 0. The number of hydrogen-bond acceptors (Lipinski definition) is 3. The summed E-state index contributed by atoms with van der Waals surface area (Å²) in [4.78, 5) is 16.4. The summed E-state index contributed by atoms with van der Waals surface area (Å²) in [7, 11) is 0. The van der Waals surface area contributed by atoms with E-state index in [1.165, 1.54) is 17.4 Å². The van der Waals surface area contributed by atoms with Crippen LogP contribution in [0, 0.1) is 0 Å². The molecule has 0 atom stereocenters. The number of nitrogens with zero attached hydrogens (tertiary/aromatic N) is 1. The molecular weight excluding hydrogens is 399 g/mol. The van der Waals surface area contributed by atoms with Crippen molar-refractivity contribution in [2.24, 2.45) is 0 Å². The van der Waals surface area contributed by atoms with Gasteiger partial charge in [0.1, 0.15) is 0 Å². The van der Waals surface area contributed by atoms with Gasteiger partial charge in [0.05, 0.1) is 15.7 Å². The van der Waals surface area contributed by atoms with Gasteiger partial charge in [-0.1, -0.05) is 53.0 Å². The number of carbonyl (C=O) groups is 1. The molecule has 0 fully saturated rings. The van der Waals surface area contributed by atoms with Crippen LogP contribution in [0.15, 0.2) is 53.9 Å². The molecule has 0 radical (unpaired) electrons. The van der Waals surface area contributed by atoms with E-state index in [0.29, 0.717) is 20.2 Å². The monoisotopic (exact) mass is 408 g/mol. The number of carbonyl (C=O) groups excluding carboxylic acids is 1. The largest absolute Gasteiger partial charge is 0.298 e. The number of nitrogens with one attached hydrogen (secondary N) is 1. The summed E-state index contributed by atoms with van der Waals surface area (Å²) in [5.74, 6) is -0.275. The molecule has 1 aromatic heterocycles. The molecule has 0 spiro atoms. The van der Waals surface area contributed by atoms with Crippen LogP contribution < -0.4 is 5.32 Å². The van der Waals surface area contributed by atoms with E-state index < -0.39 is 0 Å². The molecule has 1 amide bonds. The van der Waals surface area contributed by atoms with Crippen molar-refractivity contribution in [3.05, 3.63) is 74.6 Å². The van der Waals surface area contributed by atoms with Gasteiger partial charge in [0.2, 0.25) is 5.91 Å². The number of amides is 1. The summed E-state index contributed by atoms with van der Waals surface area (Å²) in [6.07, 6.45) is 3.08. The normalized spacial score (nSPS) is 11.0. The van der Waals surface area contributed by atoms with Crippen molar-refractivity contribution in [2.75, 3.05) is 5.32 Å². The van der Waals surface area contributed by atoms with Gasteiger partial charge in [-0.05, 0) is 35.9 Å². The zero-order valence-corrected chi connectivity index (χ0v) is 15.8. The minimum Gasteiger partial charge on any atom is -0.298 e. The predicted octanol–water partition coefficient (Wildman–Crippen LogP) is 6.42. The van der Waals surface area contributed by atoms with Gasteiger partial charge in [-0.2, -0.15) is 0 Å². The third-order valence-electron chi connectivity index (χ3n) is 3.25. The molecule has 25 heavy (non-hydrogen) atoms. The molecule has 2 aromatic carbocycles. The molecule has 0 unspecified atom stereocenters. The van der Waals surface area contributed by atoms with Crippen LogP contribution in [0.4, 0.5) is 5.13 Å². The molecule has 0 bridgehead atoms. The van der Waals surface area contributed by atoms with Crippen molar-refractivity contribution in [2.45, 2.75) is 0 Å². The molecule has 0 aliphatic heterocycles. The first-order valence-corrected chi connectivity index (χ1v) is 9.18. The van der Waals surface area contributed by atoms with Gasteiger partial charge in [0.15, 0.2) is 5.13 Å². The SMILES string of the molecule is O=C(/C=C/c1ccc(Cl)c(Cl)c1)Nc1nc(-c2ccc(Cl)cc2)cs1. The number of benzene rings is 2. The molecule has 0 saturated heterocycles. The Hall–Kier alpha value is -1.85. The van der Waals surface area contributed by atoms with Crippen molar-refractivity contribution in [1.29, 1.82) is 0 Å². The molecule has 3 aromatic rings. The third kappa shape index (κ3) is 4.83. The first-order chi connectivity index (χ1) is 12.0. The predicted molar refractivity (Wildman–Crippen MR) is 107 cm³/mol. The Morgan fingerprint density at radius 1 is 1.04 bits per heavy atom. The summed E-state index contributed by atoms with van der Waals surface area (Å²) in [6, 6.07) is 12.5. The number of hydrogen-bond donors (Lipinski definition) is 1. The zero-order valence-electron chi connectivity index (χ0n) is 12.7. The number of anilines is 1. The van der Waals surface area contributed by atoms with E-state index in [0.717, 1.165) is 16.8 Å². The van der Waals surface area contributed by atoms with Gasteiger partial charge in [0, 0.05) is 22.0 Å². The third-order valence-corrected chi connectivity index (χ3v) is 4.99. The van der Waals surface area contributed by atoms with E-state index in [1.54, 1.807) is 36.4 Å². The van der Waals surface area contributed by atoms with E-state index in [-0.39, 0.29) is 5.91 Å². The summed E-state index contributed by atoms with van der Waals surface area (Å²) in [5, 5.41) is 6.72. The van der Waals surface area contributed by atoms with Crippen LogP contribution in [0.25, 0.3) is 17.3 Å². The highest BCUT2D eigenvalue weighted by atomic mass is 35.5. The summed E-state index contributed by atoms with van der Waals surface area (Å²) in [6.45, 7) is 0. The fraction of sp³-hybridized carbons (Fsp3) is 0. The minimum absolute atomic E-state index is 0.275. The highest BCUT2D eigenvalue weighted by Crippen LogP contribution is 2.26. The van der Waals surface area contributed by atoms with Crippen LogP contribution in [0.3, 0.4) is 0 Å². The maximum absolute atomic E-state index is 12.0. The van der Waals surface area contributed by atoms with Gasteiger partial charge in [-0.15, -0.1) is 11.3 Å². The van der Waals surface area contributed by atoms with Gasteiger partial charge in [-0.3, -0.25) is 10.1 Å². The van der Waals surface area contributed by atoms with Crippen LogP contribution in [-0.2, 0) is 4.79 Å². The van der Waals surface area contributed by atoms with E-state index in [1.807, 2.05) is 17.5 Å². The lowest BCUT2D eigenvalue weighted by Crippen LogP contribution is -2.07. The molecule has 1 heterocycles. The fourth-order valence-electron chi connectivity index (χ4n) is 2.02. The maximum Gasteiger partial charge on any atom is 0.250 e. The smallest absolute Gasteiger partial charge is 0.250 e. The summed E-state index contributed by atoms with van der Waals surface area (Å²) in [5.41, 5.74) is 2.50. The lowest BCUT2D eigenvalue weighted by atomic mass is 10.2. The summed E-state index contributed by atoms with van der Waals surface area (Å²) >= 11 is 19.0. The molecule has 7 heteroatoms. The van der Waals surface area contributed by atoms with Crippen molar-refractivity contribution in [3.63, 3.8) is 0 Å². The Labute approximate surface area is 163 Å². The number of aromatic nitrogens is 1. The second kappa shape index (κ2) is 8.02. The molecule has 1 N–H and O–H groups in total. The standard InChI is InChI=1S/C18H11Cl3N2OS/c19-13-5-3-12(4-6-13)16-10-25-18(22-16)23-17(24)8-2-11-1-7-14(20)15(21)9-11/h1-10H,(H,22,23,24)/b8-2+. The van der Waals surface area contributed by atoms with Crippen LogP contribution in [-0.4, -0.2) is 10.9 Å². The van der Waals surface area contributed by atoms with Crippen LogP contribution in [0.5, 0.6) is 0 Å². The number of thiazole rings is 1. The Balaban J connectivity index is 1.66. The fourth-order valence-corrected chi connectivity index (χ4v) is 3.17. The van der Waals surface area contributed by atoms with Crippen molar-refractivity contribution < 1.29 is 4.79 Å². The first kappa shape index (κ1) is 18.0. The molecular formula is C18H11Cl3N2OS. The Morgan fingerprint density at radius 3 is 2.52 bits per heavy atom. The highest BCUT2D eigenvalue weighted by molar-refractivity contribution is 7.14. The average molecular weight is 410 g/mol. The van der Waals surface area contributed by atoms with Crippen molar-refractivity contribution in [3.8, 4) is 11.3 Å². The zero-order chi connectivity index (χ0) is 17.8. The topological polar surface area (TPSA) is 42.0 Å². The quantitative estimate of drug-likeness (QED) is 0.505.